The Morgan fingerprint density at radius 2 is 1.80 bits per heavy atom. The second-order valence-electron chi connectivity index (χ2n) is 17.0. The maximum absolute atomic E-state index is 13.9. The molecular formula is C46H51ClN8O5S. The zero-order chi connectivity index (χ0) is 41.9. The van der Waals surface area contributed by atoms with E-state index >= 15 is 0 Å². The van der Waals surface area contributed by atoms with Gasteiger partial charge < -0.3 is 29.8 Å². The Balaban J connectivity index is 0.908. The second kappa shape index (κ2) is 18.1. The Hall–Kier alpha value is -5.12. The molecule has 2 aliphatic heterocycles. The first-order valence-electron chi connectivity index (χ1n) is 21.3. The van der Waals surface area contributed by atoms with Crippen LogP contribution >= 0.6 is 11.6 Å². The molecule has 4 N–H and O–H groups in total. The quantitative estimate of drug-likeness (QED) is 0.0512. The lowest BCUT2D eigenvalue weighted by atomic mass is 9.59. The number of hydrogen-bond acceptors (Lipinski definition) is 10. The number of H-pyrrole nitrogens is 1. The molecule has 13 nitrogen and oxygen atoms in total. The molecule has 1 spiro atoms. The van der Waals surface area contributed by atoms with Crippen molar-refractivity contribution in [3.05, 3.63) is 117 Å². The van der Waals surface area contributed by atoms with Crippen molar-refractivity contribution in [3.8, 4) is 11.5 Å². The predicted octanol–water partition coefficient (Wildman–Crippen LogP) is 8.71. The number of piperidine rings is 1. The Labute approximate surface area is 363 Å². The number of carbonyl (C=O) groups excluding carboxylic acids is 1. The zero-order valence-electron chi connectivity index (χ0n) is 34.1. The normalized spacial score (nSPS) is 18.8. The van der Waals surface area contributed by atoms with Gasteiger partial charge in [0, 0.05) is 67.6 Å². The number of carbonyl (C=O) groups is 1. The van der Waals surface area contributed by atoms with Crippen LogP contribution in [0.3, 0.4) is 0 Å². The van der Waals surface area contributed by atoms with E-state index in [1.807, 2.05) is 36.4 Å². The van der Waals surface area contributed by atoms with Gasteiger partial charge in [0.15, 0.2) is 4.90 Å². The van der Waals surface area contributed by atoms with Crippen LogP contribution in [0.2, 0.25) is 5.02 Å². The number of anilines is 2. The number of nitro benzene ring substituents is 1. The summed E-state index contributed by atoms with van der Waals surface area (Å²) in [5.74, 6) is 0.477. The molecule has 61 heavy (non-hydrogen) atoms. The number of aromatic amines is 1. The number of pyridine rings is 1. The number of nitro groups is 1. The number of hydrogen-bond donors (Lipinski definition) is 4. The van der Waals surface area contributed by atoms with Gasteiger partial charge in [-0.25, -0.2) is 4.98 Å². The topological polar surface area (TPSA) is 164 Å². The molecule has 0 radical (unpaired) electrons. The van der Waals surface area contributed by atoms with E-state index in [-0.39, 0.29) is 21.9 Å². The minimum Gasteiger partial charge on any atom is -0.588 e. The fourth-order valence-corrected chi connectivity index (χ4v) is 10.3. The van der Waals surface area contributed by atoms with Gasteiger partial charge >= 0.3 is 0 Å². The zero-order valence-corrected chi connectivity index (χ0v) is 35.7. The van der Waals surface area contributed by atoms with Gasteiger partial charge in [-0.15, -0.1) is 0 Å². The molecule has 5 aromatic rings. The molecule has 2 aliphatic carbocycles. The first-order valence-corrected chi connectivity index (χ1v) is 22.9. The lowest BCUT2D eigenvalue weighted by molar-refractivity contribution is -0.384. The van der Waals surface area contributed by atoms with E-state index in [2.05, 4.69) is 47.3 Å². The van der Waals surface area contributed by atoms with Crippen LogP contribution in [-0.4, -0.2) is 82.6 Å². The molecule has 318 valence electrons. The summed E-state index contributed by atoms with van der Waals surface area (Å²) >= 11 is 4.19. The van der Waals surface area contributed by atoms with Gasteiger partial charge in [-0.2, -0.15) is 4.72 Å². The molecule has 2 aromatic heterocycles. The summed E-state index contributed by atoms with van der Waals surface area (Å²) in [6.07, 6.45) is 12.9. The third-order valence-corrected chi connectivity index (χ3v) is 14.4. The number of allylic oxidation sites excluding steroid dienone is 1. The number of benzene rings is 3. The average molecular weight is 863 g/mol. The highest BCUT2D eigenvalue weighted by Crippen LogP contribution is 2.55. The highest BCUT2D eigenvalue weighted by Gasteiger charge is 2.41. The summed E-state index contributed by atoms with van der Waals surface area (Å²) in [7, 11) is 0. The molecule has 1 unspecified atom stereocenters. The molecule has 4 aliphatic rings. The van der Waals surface area contributed by atoms with E-state index in [1.54, 1.807) is 36.2 Å². The third-order valence-electron chi connectivity index (χ3n) is 13.1. The number of piperazine rings is 1. The Bertz CT molecular complexity index is 2420. The molecule has 9 rings (SSSR count). The highest BCUT2D eigenvalue weighted by molar-refractivity contribution is 7.90. The maximum Gasteiger partial charge on any atom is 0.297 e. The highest BCUT2D eigenvalue weighted by atomic mass is 35.5. The average Bonchev–Trinajstić information content (AvgIpc) is 3.74. The summed E-state index contributed by atoms with van der Waals surface area (Å²) in [5.41, 5.74) is 6.74. The summed E-state index contributed by atoms with van der Waals surface area (Å²) < 4.78 is 22.6. The van der Waals surface area contributed by atoms with Gasteiger partial charge in [0.2, 0.25) is 0 Å². The van der Waals surface area contributed by atoms with E-state index in [0.717, 1.165) is 87.6 Å². The first-order chi connectivity index (χ1) is 29.7. The van der Waals surface area contributed by atoms with Crippen molar-refractivity contribution < 1.29 is 19.0 Å². The SMILES string of the molecule is O=C(N[S+]([O-])c1ccc(NCC2CCNCC2)c([N+](=O)[O-])c1)c1ccc(N2CCN(CC3=C(c4ccc(Cl)cc4)CC4(CCC4)CC3)CC2)cc1Oc1cnc2[nH]ccc2c1. The Morgan fingerprint density at radius 3 is 2.56 bits per heavy atom. The lowest BCUT2D eigenvalue weighted by Gasteiger charge is -2.47. The van der Waals surface area contributed by atoms with Gasteiger partial charge in [-0.1, -0.05) is 35.7 Å². The van der Waals surface area contributed by atoms with Crippen molar-refractivity contribution in [2.45, 2.75) is 56.3 Å². The number of rotatable bonds is 13. The molecule has 15 heteroatoms. The largest absolute Gasteiger partial charge is 0.588 e. The third kappa shape index (κ3) is 9.38. The molecule has 2 saturated heterocycles. The molecular weight excluding hydrogens is 812 g/mol. The Kier molecular flexibility index (Phi) is 12.2. The van der Waals surface area contributed by atoms with Crippen molar-refractivity contribution >= 4 is 62.5 Å². The number of aromatic nitrogens is 2. The van der Waals surface area contributed by atoms with Gasteiger partial charge in [-0.3, -0.25) is 19.8 Å². The van der Waals surface area contributed by atoms with Crippen molar-refractivity contribution in [3.63, 3.8) is 0 Å². The molecule has 1 saturated carbocycles. The van der Waals surface area contributed by atoms with Crippen LogP contribution < -0.4 is 25.0 Å². The van der Waals surface area contributed by atoms with Crippen LogP contribution in [0.25, 0.3) is 16.6 Å². The van der Waals surface area contributed by atoms with Crippen molar-refractivity contribution in [2.75, 3.05) is 62.6 Å². The van der Waals surface area contributed by atoms with E-state index in [1.165, 1.54) is 42.9 Å². The van der Waals surface area contributed by atoms with Crippen LogP contribution in [0, 0.1) is 21.4 Å². The second-order valence-corrected chi connectivity index (χ2v) is 18.6. The molecule has 4 heterocycles. The molecule has 0 bridgehead atoms. The van der Waals surface area contributed by atoms with E-state index in [9.17, 15) is 19.5 Å². The predicted molar refractivity (Wildman–Crippen MR) is 241 cm³/mol. The minimum absolute atomic E-state index is 0.110. The van der Waals surface area contributed by atoms with E-state index < -0.39 is 22.2 Å². The lowest BCUT2D eigenvalue weighted by Crippen LogP contribution is -2.47. The van der Waals surface area contributed by atoms with E-state index in [4.69, 9.17) is 16.3 Å². The minimum atomic E-state index is -2.10. The van der Waals surface area contributed by atoms with Crippen LogP contribution in [-0.2, 0) is 11.4 Å². The van der Waals surface area contributed by atoms with Gasteiger partial charge in [0.05, 0.1) is 22.7 Å². The van der Waals surface area contributed by atoms with Crippen LogP contribution in [0.1, 0.15) is 67.3 Å². The van der Waals surface area contributed by atoms with Crippen LogP contribution in [0.5, 0.6) is 11.5 Å². The Morgan fingerprint density at radius 1 is 1.00 bits per heavy atom. The maximum atomic E-state index is 13.9. The number of fused-ring (bicyclic) bond motifs is 1. The van der Waals surface area contributed by atoms with Gasteiger partial charge in [-0.05, 0) is 129 Å². The smallest absolute Gasteiger partial charge is 0.297 e. The summed E-state index contributed by atoms with van der Waals surface area (Å²) in [4.78, 5) is 38.0. The fraction of sp³-hybridized carbons (Fsp3) is 0.391. The number of nitrogens with one attached hydrogen (secondary N) is 4. The van der Waals surface area contributed by atoms with Crippen LogP contribution in [0.4, 0.5) is 17.1 Å². The molecule has 3 fully saturated rings. The standard InChI is InChI=1S/C46H51ClN8O5S/c47-35-4-2-32(3-5-35)40-27-46(14-1-15-46)16-10-34(40)30-53-20-22-54(23-21-53)36-6-8-39(43(25-36)60-37-24-33-13-19-49-44(33)51-29-37)45(56)52-61(59)38-7-9-41(42(26-38)55(57)58)50-28-31-11-17-48-18-12-31/h2-9,13,19,24-26,29,31,48,50H,1,10-12,14-18,20-23,27-28,30H2,(H,49,51)(H,52,56). The number of amides is 1. The molecule has 3 aromatic carbocycles. The summed E-state index contributed by atoms with van der Waals surface area (Å²) in [6.45, 7) is 6.74. The summed E-state index contributed by atoms with van der Waals surface area (Å²) in [6, 6.07) is 21.9. The van der Waals surface area contributed by atoms with Crippen molar-refractivity contribution in [2.24, 2.45) is 11.3 Å². The van der Waals surface area contributed by atoms with Crippen molar-refractivity contribution in [1.29, 1.82) is 0 Å². The fourth-order valence-electron chi connectivity index (χ4n) is 9.37. The summed E-state index contributed by atoms with van der Waals surface area (Å²) in [5, 5.41) is 20.2. The van der Waals surface area contributed by atoms with Gasteiger partial charge in [0.25, 0.3) is 11.6 Å². The molecule has 1 amide bonds. The van der Waals surface area contributed by atoms with Crippen molar-refractivity contribution in [1.82, 2.24) is 24.9 Å². The van der Waals surface area contributed by atoms with E-state index in [0.29, 0.717) is 35.0 Å². The number of ether oxygens (including phenoxy) is 1. The molecule has 1 atom stereocenters. The van der Waals surface area contributed by atoms with Gasteiger partial charge in [0.1, 0.15) is 34.2 Å². The van der Waals surface area contributed by atoms with Crippen LogP contribution in [0.15, 0.2) is 95.7 Å². The monoisotopic (exact) mass is 862 g/mol. The number of halogens is 1. The number of nitrogens with zero attached hydrogens (tertiary/aromatic N) is 4. The first kappa shape index (κ1) is 41.2.